The van der Waals surface area contributed by atoms with E-state index in [1.54, 1.807) is 13.8 Å². The second-order valence-corrected chi connectivity index (χ2v) is 5.47. The zero-order chi connectivity index (χ0) is 15.6. The lowest BCUT2D eigenvalue weighted by molar-refractivity contribution is -0.0414. The van der Waals surface area contributed by atoms with Gasteiger partial charge in [0.05, 0.1) is 6.61 Å². The first kappa shape index (κ1) is 15.7. The third-order valence-corrected chi connectivity index (χ3v) is 3.72. The van der Waals surface area contributed by atoms with Gasteiger partial charge >= 0.3 is 5.97 Å². The number of alkyl halides is 2. The Balaban J connectivity index is 2.46. The highest BCUT2D eigenvalue weighted by molar-refractivity contribution is 5.90. The van der Waals surface area contributed by atoms with Gasteiger partial charge in [-0.1, -0.05) is 0 Å². The third kappa shape index (κ3) is 3.49. The summed E-state index contributed by atoms with van der Waals surface area (Å²) in [7, 11) is 0. The maximum Gasteiger partial charge on any atom is 0.343 e. The number of hydrogen-bond donors (Lipinski definition) is 1. The summed E-state index contributed by atoms with van der Waals surface area (Å²) in [4.78, 5) is 27.0. The second kappa shape index (κ2) is 5.95. The number of aromatic nitrogens is 1. The summed E-state index contributed by atoms with van der Waals surface area (Å²) in [6, 6.07) is 1.29. The van der Waals surface area contributed by atoms with Gasteiger partial charge in [-0.2, -0.15) is 0 Å². The monoisotopic (exact) mass is 299 g/mol. The summed E-state index contributed by atoms with van der Waals surface area (Å²) in [5.41, 5.74) is 0.230. The standard InChI is InChI=1S/C15H19F2NO3/c1-3-21-14(20)12-11(19)7-9(2)18-13(12)10-5-4-6-15(16,17)8-10/h7,10H,3-6,8H2,1-2H3,(H,18,19)/t10-/m0/s1. The molecule has 1 aromatic rings. The molecule has 4 nitrogen and oxygen atoms in total. The maximum absolute atomic E-state index is 13.6. The smallest absolute Gasteiger partial charge is 0.343 e. The van der Waals surface area contributed by atoms with Gasteiger partial charge in [-0.25, -0.2) is 13.6 Å². The van der Waals surface area contributed by atoms with E-state index in [1.807, 2.05) is 0 Å². The fourth-order valence-electron chi connectivity index (χ4n) is 2.85. The molecule has 1 aliphatic rings. The summed E-state index contributed by atoms with van der Waals surface area (Å²) < 4.78 is 32.1. The van der Waals surface area contributed by atoms with Crippen molar-refractivity contribution in [1.82, 2.24) is 4.98 Å². The van der Waals surface area contributed by atoms with Gasteiger partial charge in [-0.3, -0.25) is 4.79 Å². The van der Waals surface area contributed by atoms with Crippen LogP contribution in [0.2, 0.25) is 0 Å². The van der Waals surface area contributed by atoms with Gasteiger partial charge in [0.25, 0.3) is 0 Å². The number of hydrogen-bond acceptors (Lipinski definition) is 3. The van der Waals surface area contributed by atoms with Crippen LogP contribution in [0.4, 0.5) is 8.78 Å². The molecule has 6 heteroatoms. The zero-order valence-electron chi connectivity index (χ0n) is 12.2. The molecule has 116 valence electrons. The number of nitrogens with one attached hydrogen (secondary N) is 1. The number of halogens is 2. The normalized spacial score (nSPS) is 21.0. The molecule has 1 saturated carbocycles. The summed E-state index contributed by atoms with van der Waals surface area (Å²) in [5, 5.41) is 0. The summed E-state index contributed by atoms with van der Waals surface area (Å²) in [6.07, 6.45) is 0.407. The topological polar surface area (TPSA) is 59.2 Å². The molecule has 1 fully saturated rings. The molecular weight excluding hydrogens is 280 g/mol. The Kier molecular flexibility index (Phi) is 4.44. The van der Waals surface area contributed by atoms with E-state index in [-0.39, 0.29) is 30.7 Å². The van der Waals surface area contributed by atoms with Gasteiger partial charge in [0.2, 0.25) is 5.92 Å². The SMILES string of the molecule is CCOC(=O)c1c([C@H]2CCCC(F)(F)C2)[nH]c(C)cc1=O. The minimum absolute atomic E-state index is 0.131. The van der Waals surface area contributed by atoms with Crippen LogP contribution in [0, 0.1) is 6.92 Å². The van der Waals surface area contributed by atoms with E-state index in [1.165, 1.54) is 6.07 Å². The molecule has 21 heavy (non-hydrogen) atoms. The number of esters is 1. The number of H-pyrrole nitrogens is 1. The van der Waals surface area contributed by atoms with E-state index >= 15 is 0 Å². The van der Waals surface area contributed by atoms with Crippen LogP contribution in [0.15, 0.2) is 10.9 Å². The summed E-state index contributed by atoms with van der Waals surface area (Å²) in [5.74, 6) is -4.03. The van der Waals surface area contributed by atoms with Gasteiger partial charge in [0, 0.05) is 36.2 Å². The molecule has 1 heterocycles. The predicted molar refractivity (Wildman–Crippen MR) is 73.9 cm³/mol. The highest BCUT2D eigenvalue weighted by Gasteiger charge is 2.39. The molecule has 0 amide bonds. The summed E-state index contributed by atoms with van der Waals surface area (Å²) >= 11 is 0. The Morgan fingerprint density at radius 1 is 1.52 bits per heavy atom. The number of rotatable bonds is 3. The molecule has 1 aromatic heterocycles. The molecule has 2 rings (SSSR count). The van der Waals surface area contributed by atoms with Crippen LogP contribution < -0.4 is 5.43 Å². The first-order valence-corrected chi connectivity index (χ1v) is 7.13. The van der Waals surface area contributed by atoms with Crippen LogP contribution in [0.25, 0.3) is 0 Å². The van der Waals surface area contributed by atoms with Crippen molar-refractivity contribution >= 4 is 5.97 Å². The van der Waals surface area contributed by atoms with Crippen molar-refractivity contribution in [2.45, 2.75) is 51.4 Å². The molecule has 0 radical (unpaired) electrons. The highest BCUT2D eigenvalue weighted by atomic mass is 19.3. The predicted octanol–water partition coefficient (Wildman–Crippen LogP) is 3.15. The van der Waals surface area contributed by atoms with Crippen LogP contribution in [0.1, 0.15) is 60.3 Å². The minimum atomic E-state index is -2.75. The number of carbonyl (C=O) groups is 1. The van der Waals surface area contributed by atoms with Crippen LogP contribution in [-0.4, -0.2) is 23.5 Å². The van der Waals surface area contributed by atoms with Gasteiger partial charge in [0.1, 0.15) is 5.56 Å². The van der Waals surface area contributed by atoms with Crippen molar-refractivity contribution in [2.75, 3.05) is 6.61 Å². The zero-order valence-corrected chi connectivity index (χ0v) is 12.2. The van der Waals surface area contributed by atoms with Crippen molar-refractivity contribution < 1.29 is 18.3 Å². The van der Waals surface area contributed by atoms with Crippen molar-refractivity contribution in [3.05, 3.63) is 33.2 Å². The van der Waals surface area contributed by atoms with Gasteiger partial charge in [-0.15, -0.1) is 0 Å². The molecule has 1 atom stereocenters. The van der Waals surface area contributed by atoms with Crippen molar-refractivity contribution in [2.24, 2.45) is 0 Å². The van der Waals surface area contributed by atoms with E-state index in [4.69, 9.17) is 4.74 Å². The van der Waals surface area contributed by atoms with Crippen molar-refractivity contribution in [3.8, 4) is 0 Å². The van der Waals surface area contributed by atoms with Gasteiger partial charge < -0.3 is 9.72 Å². The van der Waals surface area contributed by atoms with Gasteiger partial charge in [0.15, 0.2) is 5.43 Å². The van der Waals surface area contributed by atoms with Crippen molar-refractivity contribution in [3.63, 3.8) is 0 Å². The quantitative estimate of drug-likeness (QED) is 0.872. The van der Waals surface area contributed by atoms with E-state index in [2.05, 4.69) is 4.98 Å². The van der Waals surface area contributed by atoms with Gasteiger partial charge in [-0.05, 0) is 26.7 Å². The molecule has 0 saturated heterocycles. The Morgan fingerprint density at radius 3 is 2.86 bits per heavy atom. The Hall–Kier alpha value is -1.72. The lowest BCUT2D eigenvalue weighted by Crippen LogP contribution is -2.29. The minimum Gasteiger partial charge on any atom is -0.462 e. The number of carbonyl (C=O) groups excluding carboxylic acids is 1. The maximum atomic E-state index is 13.6. The van der Waals surface area contributed by atoms with Crippen LogP contribution >= 0.6 is 0 Å². The van der Waals surface area contributed by atoms with Crippen LogP contribution in [0.3, 0.4) is 0 Å². The lowest BCUT2D eigenvalue weighted by Gasteiger charge is -2.29. The number of aryl methyl sites for hydroxylation is 1. The fourth-order valence-corrected chi connectivity index (χ4v) is 2.85. The Morgan fingerprint density at radius 2 is 2.24 bits per heavy atom. The molecule has 0 aliphatic heterocycles. The Labute approximate surface area is 121 Å². The van der Waals surface area contributed by atoms with E-state index in [0.29, 0.717) is 18.5 Å². The number of ether oxygens (including phenoxy) is 1. The molecule has 0 spiro atoms. The van der Waals surface area contributed by atoms with E-state index < -0.39 is 23.2 Å². The Bertz CT molecular complexity index is 595. The molecule has 0 bridgehead atoms. The van der Waals surface area contributed by atoms with Crippen LogP contribution in [0.5, 0.6) is 0 Å². The lowest BCUT2D eigenvalue weighted by atomic mass is 9.82. The number of pyridine rings is 1. The van der Waals surface area contributed by atoms with E-state index in [9.17, 15) is 18.4 Å². The molecule has 0 unspecified atom stereocenters. The average Bonchev–Trinajstić information content (AvgIpc) is 2.36. The molecule has 0 aromatic carbocycles. The first-order chi connectivity index (χ1) is 9.84. The highest BCUT2D eigenvalue weighted by Crippen LogP contribution is 2.41. The third-order valence-electron chi connectivity index (χ3n) is 3.72. The summed E-state index contributed by atoms with van der Waals surface area (Å²) in [6.45, 7) is 3.43. The first-order valence-electron chi connectivity index (χ1n) is 7.13. The fraction of sp³-hybridized carbons (Fsp3) is 0.600. The van der Waals surface area contributed by atoms with Crippen LogP contribution in [-0.2, 0) is 4.74 Å². The van der Waals surface area contributed by atoms with Crippen molar-refractivity contribution in [1.29, 1.82) is 0 Å². The molecule has 1 N–H and O–H groups in total. The number of aromatic amines is 1. The molecular formula is C15H19F2NO3. The second-order valence-electron chi connectivity index (χ2n) is 5.47. The largest absolute Gasteiger partial charge is 0.462 e. The molecule has 1 aliphatic carbocycles. The average molecular weight is 299 g/mol. The van der Waals surface area contributed by atoms with E-state index in [0.717, 1.165) is 0 Å².